The topological polar surface area (TPSA) is 116 Å². The van der Waals surface area contributed by atoms with Gasteiger partial charge < -0.3 is 24.7 Å². The van der Waals surface area contributed by atoms with Gasteiger partial charge in [-0.05, 0) is 56.2 Å². The number of aromatic nitrogens is 1. The molecule has 2 aromatic heterocycles. The van der Waals surface area contributed by atoms with Gasteiger partial charge in [0.2, 0.25) is 17.1 Å². The number of hydrogen-bond donors (Lipinski definition) is 3. The van der Waals surface area contributed by atoms with Crippen LogP contribution in [0.1, 0.15) is 54.1 Å². The predicted octanol–water partition coefficient (Wildman–Crippen LogP) is 3.71. The Labute approximate surface area is 213 Å². The summed E-state index contributed by atoms with van der Waals surface area (Å²) in [5, 5.41) is 14.7. The van der Waals surface area contributed by atoms with Gasteiger partial charge in [0.15, 0.2) is 5.76 Å². The number of aromatic amines is 1. The van der Waals surface area contributed by atoms with Crippen molar-refractivity contribution >= 4 is 34.5 Å². The number of amides is 2. The van der Waals surface area contributed by atoms with Crippen LogP contribution in [0.2, 0.25) is 0 Å². The van der Waals surface area contributed by atoms with Gasteiger partial charge in [-0.2, -0.15) is 11.8 Å². The van der Waals surface area contributed by atoms with Crippen molar-refractivity contribution in [3.63, 3.8) is 0 Å². The monoisotopic (exact) mass is 509 g/mol. The van der Waals surface area contributed by atoms with Gasteiger partial charge in [0.25, 0.3) is 5.91 Å². The predicted molar refractivity (Wildman–Crippen MR) is 140 cm³/mol. The highest BCUT2D eigenvalue weighted by molar-refractivity contribution is 7.99. The first-order valence-corrected chi connectivity index (χ1v) is 13.6. The maximum Gasteiger partial charge on any atom is 0.270 e. The van der Waals surface area contributed by atoms with Crippen molar-refractivity contribution in [3.8, 4) is 5.75 Å². The van der Waals surface area contributed by atoms with Crippen LogP contribution in [0.15, 0.2) is 45.6 Å². The number of H-pyrrole nitrogens is 1. The van der Waals surface area contributed by atoms with Gasteiger partial charge in [-0.3, -0.25) is 14.4 Å². The van der Waals surface area contributed by atoms with Crippen molar-refractivity contribution in [2.75, 3.05) is 24.6 Å². The van der Waals surface area contributed by atoms with Crippen LogP contribution in [-0.2, 0) is 10.2 Å². The molecule has 0 aliphatic carbocycles. The summed E-state index contributed by atoms with van der Waals surface area (Å²) in [6.45, 7) is 2.81. The van der Waals surface area contributed by atoms with Crippen LogP contribution in [0, 0.1) is 6.92 Å². The summed E-state index contributed by atoms with van der Waals surface area (Å²) in [5.41, 5.74) is 0.346. The summed E-state index contributed by atoms with van der Waals surface area (Å²) < 4.78 is 5.84. The lowest BCUT2D eigenvalue weighted by Gasteiger charge is -2.37. The molecule has 9 heteroatoms. The fourth-order valence-electron chi connectivity index (χ4n) is 5.38. The minimum Gasteiger partial charge on any atom is -0.502 e. The molecule has 0 bridgehead atoms. The lowest BCUT2D eigenvalue weighted by atomic mass is 9.75. The smallest absolute Gasteiger partial charge is 0.270 e. The fraction of sp³-hybridized carbons (Fsp3) is 0.444. The number of carbonyl (C=O) groups excluding carboxylic acids is 2. The van der Waals surface area contributed by atoms with E-state index in [1.807, 2.05) is 35.2 Å². The normalized spacial score (nSPS) is 18.3. The standard InChI is InChI=1S/C27H31N3O5S/c1-17-14-22(31)24(33)25(35-17)27(8-12-36-13-9-27)16-23(32)28-19-6-10-30(11-7-19)26(34)21-15-18-4-2-3-5-20(18)29-21/h2-5,14-15,19,29,33H,6-13,16H2,1H3,(H,28,32). The number of rotatable bonds is 5. The van der Waals surface area contributed by atoms with E-state index in [-0.39, 0.29) is 35.8 Å². The Bertz CT molecular complexity index is 1300. The van der Waals surface area contributed by atoms with Crippen molar-refractivity contribution in [2.24, 2.45) is 0 Å². The Morgan fingerprint density at radius 1 is 1.19 bits per heavy atom. The summed E-state index contributed by atoms with van der Waals surface area (Å²) >= 11 is 1.80. The Kier molecular flexibility index (Phi) is 6.83. The summed E-state index contributed by atoms with van der Waals surface area (Å²) in [4.78, 5) is 43.4. The molecule has 5 rings (SSSR count). The van der Waals surface area contributed by atoms with E-state index in [0.717, 1.165) is 22.4 Å². The minimum absolute atomic E-state index is 0.0282. The Hall–Kier alpha value is -3.20. The number of aromatic hydroxyl groups is 1. The first-order chi connectivity index (χ1) is 17.3. The molecule has 3 N–H and O–H groups in total. The van der Waals surface area contributed by atoms with E-state index in [4.69, 9.17) is 4.42 Å². The number of aryl methyl sites for hydroxylation is 1. The number of carbonyl (C=O) groups is 2. The van der Waals surface area contributed by atoms with Gasteiger partial charge in [0.1, 0.15) is 11.5 Å². The molecule has 3 aromatic rings. The molecule has 2 aliphatic rings. The summed E-state index contributed by atoms with van der Waals surface area (Å²) in [5.74, 6) is 1.80. The van der Waals surface area contributed by atoms with Crippen LogP contribution in [0.4, 0.5) is 0 Å². The van der Waals surface area contributed by atoms with E-state index in [1.165, 1.54) is 6.07 Å². The molecule has 4 heterocycles. The maximum atomic E-state index is 13.2. The average Bonchev–Trinajstić information content (AvgIpc) is 3.31. The lowest BCUT2D eigenvalue weighted by Crippen LogP contribution is -2.48. The second-order valence-corrected chi connectivity index (χ2v) is 11.1. The highest BCUT2D eigenvalue weighted by Gasteiger charge is 2.42. The van der Waals surface area contributed by atoms with E-state index in [2.05, 4.69) is 10.3 Å². The molecule has 0 spiro atoms. The zero-order valence-corrected chi connectivity index (χ0v) is 21.2. The molecule has 1 aromatic carbocycles. The van der Waals surface area contributed by atoms with Crippen LogP contribution < -0.4 is 10.7 Å². The summed E-state index contributed by atoms with van der Waals surface area (Å²) in [6.07, 6.45) is 2.81. The number of nitrogens with one attached hydrogen (secondary N) is 2. The van der Waals surface area contributed by atoms with Gasteiger partial charge in [0, 0.05) is 47.9 Å². The van der Waals surface area contributed by atoms with E-state index >= 15 is 0 Å². The molecule has 0 saturated carbocycles. The molecule has 8 nitrogen and oxygen atoms in total. The molecular weight excluding hydrogens is 478 g/mol. The molecule has 36 heavy (non-hydrogen) atoms. The third-order valence-corrected chi connectivity index (χ3v) is 8.37. The van der Waals surface area contributed by atoms with Crippen molar-refractivity contribution in [1.29, 1.82) is 0 Å². The van der Waals surface area contributed by atoms with Crippen LogP contribution >= 0.6 is 11.8 Å². The maximum absolute atomic E-state index is 13.2. The fourth-order valence-corrected chi connectivity index (χ4v) is 6.66. The molecule has 0 unspecified atom stereocenters. The zero-order valence-electron chi connectivity index (χ0n) is 20.3. The molecule has 2 saturated heterocycles. The van der Waals surface area contributed by atoms with Crippen molar-refractivity contribution in [1.82, 2.24) is 15.2 Å². The SMILES string of the molecule is Cc1cc(=O)c(O)c(C2(CC(=O)NC3CCN(C(=O)c4cc5ccccc5[nH]4)CC3)CCSCC2)o1. The van der Waals surface area contributed by atoms with E-state index in [9.17, 15) is 19.5 Å². The van der Waals surface area contributed by atoms with Crippen LogP contribution in [0.25, 0.3) is 10.9 Å². The molecule has 0 atom stereocenters. The highest BCUT2D eigenvalue weighted by atomic mass is 32.2. The molecular formula is C27H31N3O5S. The number of hydrogen-bond acceptors (Lipinski definition) is 6. The van der Waals surface area contributed by atoms with Crippen LogP contribution in [-0.4, -0.2) is 57.4 Å². The number of likely N-dealkylation sites (tertiary alicyclic amines) is 1. The molecule has 2 fully saturated rings. The molecule has 2 amide bonds. The highest BCUT2D eigenvalue weighted by Crippen LogP contribution is 2.44. The van der Waals surface area contributed by atoms with Gasteiger partial charge >= 0.3 is 0 Å². The van der Waals surface area contributed by atoms with Crippen molar-refractivity contribution in [3.05, 3.63) is 63.8 Å². The molecule has 2 aliphatic heterocycles. The van der Waals surface area contributed by atoms with Gasteiger partial charge in [-0.1, -0.05) is 18.2 Å². The van der Waals surface area contributed by atoms with Gasteiger partial charge in [-0.15, -0.1) is 0 Å². The molecule has 190 valence electrons. The van der Waals surface area contributed by atoms with E-state index in [0.29, 0.717) is 50.2 Å². The number of piperidine rings is 1. The van der Waals surface area contributed by atoms with Crippen LogP contribution in [0.5, 0.6) is 5.75 Å². The van der Waals surface area contributed by atoms with E-state index in [1.54, 1.807) is 18.7 Å². The average molecular weight is 510 g/mol. The second kappa shape index (κ2) is 10.0. The Morgan fingerprint density at radius 2 is 1.92 bits per heavy atom. The van der Waals surface area contributed by atoms with Crippen LogP contribution in [0.3, 0.4) is 0 Å². The quantitative estimate of drug-likeness (QED) is 0.483. The van der Waals surface area contributed by atoms with Crippen molar-refractivity contribution in [2.45, 2.75) is 50.5 Å². The minimum atomic E-state index is -0.698. The van der Waals surface area contributed by atoms with Crippen molar-refractivity contribution < 1.29 is 19.1 Å². The lowest BCUT2D eigenvalue weighted by molar-refractivity contribution is -0.123. The van der Waals surface area contributed by atoms with Gasteiger partial charge in [0.05, 0.1) is 0 Å². The molecule has 0 radical (unpaired) electrons. The zero-order chi connectivity index (χ0) is 25.3. The number of para-hydroxylation sites is 1. The number of fused-ring (bicyclic) bond motifs is 1. The Balaban J connectivity index is 1.22. The van der Waals surface area contributed by atoms with Gasteiger partial charge in [-0.25, -0.2) is 0 Å². The first kappa shape index (κ1) is 24.5. The number of benzene rings is 1. The second-order valence-electron chi connectivity index (χ2n) is 9.87. The summed E-state index contributed by atoms with van der Waals surface area (Å²) in [7, 11) is 0. The van der Waals surface area contributed by atoms with E-state index < -0.39 is 10.8 Å². The largest absolute Gasteiger partial charge is 0.502 e. The number of thioether (sulfide) groups is 1. The first-order valence-electron chi connectivity index (χ1n) is 12.4. The number of nitrogens with zero attached hydrogens (tertiary/aromatic N) is 1. The summed E-state index contributed by atoms with van der Waals surface area (Å²) in [6, 6.07) is 10.9. The Morgan fingerprint density at radius 3 is 2.64 bits per heavy atom. The third-order valence-electron chi connectivity index (χ3n) is 7.38. The third kappa shape index (κ3) is 4.89.